The Labute approximate surface area is 192 Å². The maximum Gasteiger partial charge on any atom is 0.418 e. The van der Waals surface area contributed by atoms with Crippen LogP contribution in [0.25, 0.3) is 0 Å². The third kappa shape index (κ3) is 3.85. The molecule has 2 amide bonds. The van der Waals surface area contributed by atoms with Gasteiger partial charge in [-0.2, -0.15) is 26.3 Å². The highest BCUT2D eigenvalue weighted by Crippen LogP contribution is 2.77. The fourth-order valence-electron chi connectivity index (χ4n) is 4.69. The van der Waals surface area contributed by atoms with Crippen molar-refractivity contribution < 1.29 is 49.8 Å². The van der Waals surface area contributed by atoms with E-state index in [2.05, 4.69) is 15.0 Å². The molecule has 0 unspecified atom stereocenters. The molecular weight excluding hydrogens is 491 g/mol. The first kappa shape index (κ1) is 24.7. The average Bonchev–Trinajstić information content (AvgIpc) is 3.29. The summed E-state index contributed by atoms with van der Waals surface area (Å²) in [4.78, 5) is 28.0. The number of pyridine rings is 1. The molecule has 1 aromatic carbocycles. The molecule has 2 aliphatic rings. The molecule has 1 saturated carbocycles. The number of carbonyl (C=O) groups is 2. The maximum absolute atomic E-state index is 14.4. The highest BCUT2D eigenvalue weighted by Gasteiger charge is 2.87. The first-order valence-corrected chi connectivity index (χ1v) is 9.96. The van der Waals surface area contributed by atoms with Crippen molar-refractivity contribution in [1.82, 2.24) is 4.98 Å². The van der Waals surface area contributed by atoms with Gasteiger partial charge in [0.05, 0.1) is 0 Å². The summed E-state index contributed by atoms with van der Waals surface area (Å²) in [5.74, 6) is -8.53. The molecule has 35 heavy (non-hydrogen) atoms. The van der Waals surface area contributed by atoms with Gasteiger partial charge in [-0.25, -0.2) is 4.39 Å². The van der Waals surface area contributed by atoms with Crippen molar-refractivity contribution in [2.75, 3.05) is 5.32 Å². The van der Waals surface area contributed by atoms with E-state index in [1.807, 2.05) is 0 Å². The van der Waals surface area contributed by atoms with Crippen molar-refractivity contribution in [1.29, 1.82) is 0 Å². The SMILES string of the molecule is C[C@@]12C[C@@]1(C(F)(F)F)O[C@@H](C(=O)Nc1ccnc(C(N)=O)c1)[C@@H]2c1ccc(F)c(F)c1OC(F)F. The van der Waals surface area contributed by atoms with Gasteiger partial charge in [0.25, 0.3) is 11.8 Å². The number of nitrogens with one attached hydrogen (secondary N) is 1. The molecule has 0 radical (unpaired) electrons. The minimum Gasteiger partial charge on any atom is -0.431 e. The minimum atomic E-state index is -4.98. The van der Waals surface area contributed by atoms with E-state index < -0.39 is 77.0 Å². The first-order valence-electron chi connectivity index (χ1n) is 9.96. The van der Waals surface area contributed by atoms with Crippen molar-refractivity contribution in [3.8, 4) is 5.75 Å². The van der Waals surface area contributed by atoms with Gasteiger partial charge < -0.3 is 20.5 Å². The van der Waals surface area contributed by atoms with Crippen LogP contribution < -0.4 is 15.8 Å². The number of primary amides is 1. The van der Waals surface area contributed by atoms with Gasteiger partial charge in [0.15, 0.2) is 17.2 Å². The lowest BCUT2D eigenvalue weighted by Crippen LogP contribution is -2.39. The summed E-state index contributed by atoms with van der Waals surface area (Å²) >= 11 is 0. The molecule has 188 valence electrons. The van der Waals surface area contributed by atoms with Crippen molar-refractivity contribution in [2.45, 2.75) is 43.8 Å². The number of anilines is 1. The van der Waals surface area contributed by atoms with Crippen molar-refractivity contribution >= 4 is 17.5 Å². The lowest BCUT2D eigenvalue weighted by atomic mass is 9.79. The highest BCUT2D eigenvalue weighted by atomic mass is 19.4. The number of ether oxygens (including phenoxy) is 2. The van der Waals surface area contributed by atoms with E-state index in [1.54, 1.807) is 0 Å². The molecule has 4 rings (SSSR count). The van der Waals surface area contributed by atoms with E-state index in [4.69, 9.17) is 10.5 Å². The number of alkyl halides is 5. The summed E-state index contributed by atoms with van der Waals surface area (Å²) < 4.78 is 105. The third-order valence-corrected chi connectivity index (χ3v) is 6.35. The molecule has 4 atom stereocenters. The quantitative estimate of drug-likeness (QED) is 0.578. The van der Waals surface area contributed by atoms with Crippen LogP contribution in [0.3, 0.4) is 0 Å². The first-order chi connectivity index (χ1) is 16.2. The van der Waals surface area contributed by atoms with Gasteiger partial charge >= 0.3 is 12.8 Å². The fourth-order valence-corrected chi connectivity index (χ4v) is 4.69. The Morgan fingerprint density at radius 3 is 2.54 bits per heavy atom. The van der Waals surface area contributed by atoms with Crippen LogP contribution in [0.1, 0.15) is 35.3 Å². The summed E-state index contributed by atoms with van der Waals surface area (Å²) in [6, 6.07) is 3.56. The van der Waals surface area contributed by atoms with Gasteiger partial charge in [-0.1, -0.05) is 13.0 Å². The Bertz CT molecular complexity index is 1210. The summed E-state index contributed by atoms with van der Waals surface area (Å²) in [6.07, 6.45) is -6.52. The second-order valence-corrected chi connectivity index (χ2v) is 8.38. The smallest absolute Gasteiger partial charge is 0.418 e. The lowest BCUT2D eigenvalue weighted by Gasteiger charge is -2.27. The van der Waals surface area contributed by atoms with Crippen LogP contribution >= 0.6 is 0 Å². The van der Waals surface area contributed by atoms with Crippen LogP contribution in [-0.4, -0.2) is 41.3 Å². The van der Waals surface area contributed by atoms with Crippen LogP contribution in [0.4, 0.5) is 36.4 Å². The zero-order chi connectivity index (χ0) is 25.9. The second kappa shape index (κ2) is 8.07. The highest BCUT2D eigenvalue weighted by molar-refractivity contribution is 5.97. The van der Waals surface area contributed by atoms with E-state index in [1.165, 1.54) is 6.07 Å². The average molecular weight is 507 g/mol. The molecule has 1 aromatic heterocycles. The van der Waals surface area contributed by atoms with Gasteiger partial charge in [-0.05, 0) is 24.6 Å². The van der Waals surface area contributed by atoms with Crippen LogP contribution in [0.15, 0.2) is 30.5 Å². The third-order valence-electron chi connectivity index (χ3n) is 6.35. The van der Waals surface area contributed by atoms with E-state index in [-0.39, 0.29) is 11.4 Å². The van der Waals surface area contributed by atoms with Gasteiger partial charge in [0, 0.05) is 28.8 Å². The van der Waals surface area contributed by atoms with E-state index in [0.29, 0.717) is 6.07 Å². The summed E-state index contributed by atoms with van der Waals surface area (Å²) in [6.45, 7) is -2.54. The van der Waals surface area contributed by atoms with E-state index in [0.717, 1.165) is 25.3 Å². The predicted molar refractivity (Wildman–Crippen MR) is 103 cm³/mol. The van der Waals surface area contributed by atoms with Crippen molar-refractivity contribution in [2.24, 2.45) is 11.1 Å². The Morgan fingerprint density at radius 2 is 1.94 bits per heavy atom. The molecule has 0 spiro atoms. The van der Waals surface area contributed by atoms with E-state index in [9.17, 15) is 40.3 Å². The number of nitrogens with two attached hydrogens (primary N) is 1. The number of nitrogens with zero attached hydrogens (tertiary/aromatic N) is 1. The van der Waals surface area contributed by atoms with Gasteiger partial charge in [-0.15, -0.1) is 0 Å². The van der Waals surface area contributed by atoms with Crippen LogP contribution in [-0.2, 0) is 9.53 Å². The number of carbonyl (C=O) groups excluding carboxylic acids is 2. The summed E-state index contributed by atoms with van der Waals surface area (Å²) in [7, 11) is 0. The Morgan fingerprint density at radius 1 is 1.26 bits per heavy atom. The Balaban J connectivity index is 1.79. The lowest BCUT2D eigenvalue weighted by molar-refractivity contribution is -0.240. The molecule has 2 heterocycles. The molecule has 2 fully saturated rings. The van der Waals surface area contributed by atoms with Crippen LogP contribution in [0, 0.1) is 17.0 Å². The van der Waals surface area contributed by atoms with Gasteiger partial charge in [0.1, 0.15) is 11.8 Å². The summed E-state index contributed by atoms with van der Waals surface area (Å²) in [5, 5.41) is 2.26. The molecular formula is C21H16F7N3O4. The maximum atomic E-state index is 14.4. The number of halogens is 7. The zero-order valence-corrected chi connectivity index (χ0v) is 17.6. The van der Waals surface area contributed by atoms with Gasteiger partial charge in [-0.3, -0.25) is 14.6 Å². The number of benzene rings is 1. The molecule has 14 heteroatoms. The molecule has 1 aliphatic carbocycles. The summed E-state index contributed by atoms with van der Waals surface area (Å²) in [5.41, 5.74) is -0.552. The minimum absolute atomic E-state index is 0.0812. The number of aromatic nitrogens is 1. The number of hydrogen-bond donors (Lipinski definition) is 2. The second-order valence-electron chi connectivity index (χ2n) is 8.38. The Hall–Kier alpha value is -3.42. The van der Waals surface area contributed by atoms with E-state index >= 15 is 0 Å². The molecule has 1 aliphatic heterocycles. The number of fused-ring (bicyclic) bond motifs is 1. The number of hydrogen-bond acceptors (Lipinski definition) is 5. The topological polar surface area (TPSA) is 104 Å². The van der Waals surface area contributed by atoms with Crippen LogP contribution in [0.5, 0.6) is 5.75 Å². The molecule has 1 saturated heterocycles. The van der Waals surface area contributed by atoms with Crippen LogP contribution in [0.2, 0.25) is 0 Å². The number of amides is 2. The van der Waals surface area contributed by atoms with Gasteiger partial charge in [0.2, 0.25) is 5.82 Å². The number of rotatable bonds is 6. The fraction of sp³-hybridized carbons (Fsp3) is 0.381. The zero-order valence-electron chi connectivity index (χ0n) is 17.6. The molecule has 0 bridgehead atoms. The standard InChI is InChI=1S/C21H16F7N3O4/c1-19-7-20(19,21(26,27)28)35-15(17(33)31-8-4-5-30-11(6-8)16(29)32)12(19)9-2-3-10(22)13(23)14(9)34-18(24)25/h2-6,12,15,18H,7H2,1H3,(H2,29,32)(H,30,31,33)/t12-,15+,19-,20+/m0/s1. The normalized spacial score (nSPS) is 27.5. The monoisotopic (exact) mass is 507 g/mol. The largest absolute Gasteiger partial charge is 0.431 e. The predicted octanol–water partition coefficient (Wildman–Crippen LogP) is 3.89. The molecule has 2 aromatic rings. The van der Waals surface area contributed by atoms with Crippen molar-refractivity contribution in [3.63, 3.8) is 0 Å². The Kier molecular flexibility index (Phi) is 5.69. The van der Waals surface area contributed by atoms with Crippen molar-refractivity contribution in [3.05, 3.63) is 53.4 Å². The molecule has 3 N–H and O–H groups in total. The molecule has 7 nitrogen and oxygen atoms in total.